The van der Waals surface area contributed by atoms with Crippen molar-refractivity contribution in [3.63, 3.8) is 0 Å². The minimum Gasteiger partial charge on any atom is -0.388 e. The predicted molar refractivity (Wildman–Crippen MR) is 62.8 cm³/mol. The monoisotopic (exact) mass is 246 g/mol. The molecule has 0 saturated carbocycles. The second kappa shape index (κ2) is 7.60. The molecule has 1 aliphatic rings. The molecule has 1 fully saturated rings. The number of hydrogen-bond donors (Lipinski definition) is 3. The van der Waals surface area contributed by atoms with Gasteiger partial charge in [0.05, 0.1) is 18.8 Å². The molecule has 6 nitrogen and oxygen atoms in total. The van der Waals surface area contributed by atoms with Crippen LogP contribution in [0.3, 0.4) is 0 Å². The van der Waals surface area contributed by atoms with Gasteiger partial charge in [-0.3, -0.25) is 4.79 Å². The fraction of sp³-hybridized carbons (Fsp3) is 0.909. The van der Waals surface area contributed by atoms with Crippen LogP contribution in [0.15, 0.2) is 0 Å². The Hall–Kier alpha value is -0.690. The van der Waals surface area contributed by atoms with Crippen LogP contribution in [-0.4, -0.2) is 63.2 Å². The summed E-state index contributed by atoms with van der Waals surface area (Å²) < 4.78 is 10.0. The smallest absolute Gasteiger partial charge is 0.234 e. The molecule has 0 unspecified atom stereocenters. The SMILES string of the molecule is COCCNCC(=O)NCC1(O)CCOCC1. The van der Waals surface area contributed by atoms with Crippen molar-refractivity contribution in [3.05, 3.63) is 0 Å². The van der Waals surface area contributed by atoms with E-state index in [9.17, 15) is 9.90 Å². The molecule has 1 saturated heterocycles. The van der Waals surface area contributed by atoms with Gasteiger partial charge in [-0.25, -0.2) is 0 Å². The van der Waals surface area contributed by atoms with Crippen LogP contribution >= 0.6 is 0 Å². The lowest BCUT2D eigenvalue weighted by atomic mass is 9.94. The van der Waals surface area contributed by atoms with Crippen LogP contribution < -0.4 is 10.6 Å². The summed E-state index contributed by atoms with van der Waals surface area (Å²) in [5.74, 6) is -0.110. The molecular weight excluding hydrogens is 224 g/mol. The van der Waals surface area contributed by atoms with Crippen molar-refractivity contribution < 1.29 is 19.4 Å². The van der Waals surface area contributed by atoms with Crippen molar-refractivity contribution in [3.8, 4) is 0 Å². The van der Waals surface area contributed by atoms with Gasteiger partial charge in [-0.2, -0.15) is 0 Å². The number of hydrogen-bond acceptors (Lipinski definition) is 5. The summed E-state index contributed by atoms with van der Waals surface area (Å²) in [6.45, 7) is 2.87. The maximum Gasteiger partial charge on any atom is 0.234 e. The molecule has 0 bridgehead atoms. The van der Waals surface area contributed by atoms with Gasteiger partial charge in [-0.15, -0.1) is 0 Å². The average molecular weight is 246 g/mol. The zero-order valence-electron chi connectivity index (χ0n) is 10.3. The summed E-state index contributed by atoms with van der Waals surface area (Å²) in [6, 6.07) is 0. The lowest BCUT2D eigenvalue weighted by Gasteiger charge is -2.32. The van der Waals surface area contributed by atoms with Crippen LogP contribution in [0.25, 0.3) is 0 Å². The van der Waals surface area contributed by atoms with Gasteiger partial charge in [0, 0.05) is 46.3 Å². The predicted octanol–water partition coefficient (Wildman–Crippen LogP) is -1.12. The van der Waals surface area contributed by atoms with E-state index in [2.05, 4.69) is 10.6 Å². The third kappa shape index (κ3) is 5.97. The molecule has 0 radical (unpaired) electrons. The second-order valence-corrected chi connectivity index (χ2v) is 4.28. The highest BCUT2D eigenvalue weighted by molar-refractivity contribution is 5.78. The lowest BCUT2D eigenvalue weighted by molar-refractivity contribution is -0.123. The van der Waals surface area contributed by atoms with E-state index in [1.807, 2.05) is 0 Å². The van der Waals surface area contributed by atoms with Gasteiger partial charge < -0.3 is 25.2 Å². The third-order valence-electron chi connectivity index (χ3n) is 2.81. The summed E-state index contributed by atoms with van der Waals surface area (Å²) in [4.78, 5) is 11.4. The molecule has 100 valence electrons. The highest BCUT2D eigenvalue weighted by atomic mass is 16.5. The standard InChI is InChI=1S/C11H22N2O4/c1-16-7-4-12-8-10(14)13-9-11(15)2-5-17-6-3-11/h12,15H,2-9H2,1H3,(H,13,14). The summed E-state index contributed by atoms with van der Waals surface area (Å²) in [7, 11) is 1.61. The van der Waals surface area contributed by atoms with Gasteiger partial charge in [0.1, 0.15) is 0 Å². The first-order valence-electron chi connectivity index (χ1n) is 5.93. The Bertz CT molecular complexity index is 230. The molecule has 6 heteroatoms. The zero-order chi connectivity index (χ0) is 12.6. The quantitative estimate of drug-likeness (QED) is 0.496. The van der Waals surface area contributed by atoms with Gasteiger partial charge in [-0.1, -0.05) is 0 Å². The highest BCUT2D eigenvalue weighted by Crippen LogP contribution is 2.18. The second-order valence-electron chi connectivity index (χ2n) is 4.28. The number of carbonyl (C=O) groups excluding carboxylic acids is 1. The van der Waals surface area contributed by atoms with Crippen molar-refractivity contribution >= 4 is 5.91 Å². The van der Waals surface area contributed by atoms with E-state index in [1.54, 1.807) is 7.11 Å². The van der Waals surface area contributed by atoms with E-state index in [0.29, 0.717) is 45.8 Å². The van der Waals surface area contributed by atoms with Crippen molar-refractivity contribution in [2.45, 2.75) is 18.4 Å². The molecule has 0 spiro atoms. The minimum absolute atomic E-state index is 0.110. The summed E-state index contributed by atoms with van der Waals surface area (Å²) in [5.41, 5.74) is -0.805. The largest absolute Gasteiger partial charge is 0.388 e. The van der Waals surface area contributed by atoms with Gasteiger partial charge in [0.2, 0.25) is 5.91 Å². The zero-order valence-corrected chi connectivity index (χ0v) is 10.3. The Morgan fingerprint density at radius 1 is 1.47 bits per heavy atom. The normalized spacial score (nSPS) is 18.9. The van der Waals surface area contributed by atoms with Crippen LogP contribution in [0, 0.1) is 0 Å². The highest BCUT2D eigenvalue weighted by Gasteiger charge is 2.29. The van der Waals surface area contributed by atoms with Crippen molar-refractivity contribution in [1.29, 1.82) is 0 Å². The molecule has 1 amide bonds. The molecule has 0 aromatic rings. The lowest BCUT2D eigenvalue weighted by Crippen LogP contribution is -2.48. The van der Waals surface area contributed by atoms with E-state index >= 15 is 0 Å². The molecule has 17 heavy (non-hydrogen) atoms. The van der Waals surface area contributed by atoms with Crippen LogP contribution in [0.5, 0.6) is 0 Å². The number of aliphatic hydroxyl groups is 1. The molecule has 1 heterocycles. The third-order valence-corrected chi connectivity index (χ3v) is 2.81. The average Bonchev–Trinajstić information content (AvgIpc) is 2.33. The number of carbonyl (C=O) groups is 1. The summed E-state index contributed by atoms with van der Waals surface area (Å²) >= 11 is 0. The first-order valence-corrected chi connectivity index (χ1v) is 5.93. The topological polar surface area (TPSA) is 79.8 Å². The van der Waals surface area contributed by atoms with Crippen LogP contribution in [0.1, 0.15) is 12.8 Å². The minimum atomic E-state index is -0.805. The Labute approximate surface area is 102 Å². The van der Waals surface area contributed by atoms with Gasteiger partial charge in [0.25, 0.3) is 0 Å². The van der Waals surface area contributed by atoms with E-state index < -0.39 is 5.60 Å². The fourth-order valence-electron chi connectivity index (χ4n) is 1.63. The maximum atomic E-state index is 11.4. The molecule has 1 aliphatic heterocycles. The van der Waals surface area contributed by atoms with E-state index in [-0.39, 0.29) is 12.5 Å². The Morgan fingerprint density at radius 2 is 2.18 bits per heavy atom. The van der Waals surface area contributed by atoms with E-state index in [4.69, 9.17) is 9.47 Å². The molecule has 1 rings (SSSR count). The molecule has 0 aromatic carbocycles. The molecular formula is C11H22N2O4. The Kier molecular flexibility index (Phi) is 6.43. The molecule has 0 aliphatic carbocycles. The van der Waals surface area contributed by atoms with E-state index in [1.165, 1.54) is 0 Å². The first kappa shape index (κ1) is 14.4. The maximum absolute atomic E-state index is 11.4. The molecule has 0 atom stereocenters. The van der Waals surface area contributed by atoms with Gasteiger partial charge in [-0.05, 0) is 0 Å². The number of rotatable bonds is 7. The number of ether oxygens (including phenoxy) is 2. The fourth-order valence-corrected chi connectivity index (χ4v) is 1.63. The van der Waals surface area contributed by atoms with Crippen LogP contribution in [-0.2, 0) is 14.3 Å². The number of nitrogens with one attached hydrogen (secondary N) is 2. The summed E-state index contributed by atoms with van der Waals surface area (Å²) in [6.07, 6.45) is 1.15. The van der Waals surface area contributed by atoms with Crippen molar-refractivity contribution in [1.82, 2.24) is 10.6 Å². The van der Waals surface area contributed by atoms with Crippen LogP contribution in [0.4, 0.5) is 0 Å². The van der Waals surface area contributed by atoms with Gasteiger partial charge in [0.15, 0.2) is 0 Å². The van der Waals surface area contributed by atoms with Crippen molar-refractivity contribution in [2.24, 2.45) is 0 Å². The number of methoxy groups -OCH3 is 1. The van der Waals surface area contributed by atoms with Gasteiger partial charge >= 0.3 is 0 Å². The Morgan fingerprint density at radius 3 is 2.82 bits per heavy atom. The first-order chi connectivity index (χ1) is 8.16. The molecule has 0 aromatic heterocycles. The molecule has 3 N–H and O–H groups in total. The Balaban J connectivity index is 2.10. The van der Waals surface area contributed by atoms with Crippen molar-refractivity contribution in [2.75, 3.05) is 46.6 Å². The van der Waals surface area contributed by atoms with Crippen LogP contribution in [0.2, 0.25) is 0 Å². The number of amides is 1. The van der Waals surface area contributed by atoms with E-state index in [0.717, 1.165) is 0 Å². The summed E-state index contributed by atoms with van der Waals surface area (Å²) in [5, 5.41) is 15.8.